The van der Waals surface area contributed by atoms with E-state index in [0.29, 0.717) is 24.4 Å². The molecular weight excluding hydrogens is 254 g/mol. The van der Waals surface area contributed by atoms with Crippen LogP contribution in [0.5, 0.6) is 5.88 Å². The van der Waals surface area contributed by atoms with Gasteiger partial charge < -0.3 is 15.2 Å². The second-order valence-corrected chi connectivity index (χ2v) is 4.80. The third-order valence-corrected chi connectivity index (χ3v) is 3.28. The summed E-state index contributed by atoms with van der Waals surface area (Å²) < 4.78 is 36.8. The monoisotopic (exact) mass is 272 g/mol. The minimum atomic E-state index is -2.53. The van der Waals surface area contributed by atoms with Crippen LogP contribution in [-0.2, 0) is 11.3 Å². The molecule has 0 aliphatic heterocycles. The van der Waals surface area contributed by atoms with Gasteiger partial charge in [0.25, 0.3) is 0 Å². The predicted octanol–water partition coefficient (Wildman–Crippen LogP) is 2.77. The lowest BCUT2D eigenvalue weighted by Gasteiger charge is -2.28. The van der Waals surface area contributed by atoms with Gasteiger partial charge in [-0.1, -0.05) is 0 Å². The zero-order valence-corrected chi connectivity index (χ0v) is 10.9. The fraction of sp³-hybridized carbons (Fsp3) is 0.615. The maximum absolute atomic E-state index is 13.0. The first-order valence-corrected chi connectivity index (χ1v) is 6.28. The Morgan fingerprint density at radius 3 is 2.74 bits per heavy atom. The second kappa shape index (κ2) is 5.69. The maximum atomic E-state index is 13.0. The van der Waals surface area contributed by atoms with Crippen LogP contribution in [0.15, 0.2) is 12.3 Å². The van der Waals surface area contributed by atoms with E-state index in [1.165, 1.54) is 13.3 Å². The molecule has 0 spiro atoms. The van der Waals surface area contributed by atoms with Gasteiger partial charge in [-0.25, -0.2) is 13.8 Å². The van der Waals surface area contributed by atoms with Gasteiger partial charge in [-0.3, -0.25) is 0 Å². The molecule has 1 aromatic rings. The summed E-state index contributed by atoms with van der Waals surface area (Å²) in [5.41, 5.74) is 6.91. The summed E-state index contributed by atoms with van der Waals surface area (Å²) in [5.74, 6) is -2.08. The number of hydrogen-bond donors (Lipinski definition) is 1. The second-order valence-electron chi connectivity index (χ2n) is 4.80. The SMILES string of the molecule is COc1ncc(N)cc1COC1CCC(F)(F)CC1. The van der Waals surface area contributed by atoms with Crippen LogP contribution in [0.3, 0.4) is 0 Å². The summed E-state index contributed by atoms with van der Waals surface area (Å²) in [6.07, 6.45) is 1.92. The number of halogens is 2. The zero-order valence-electron chi connectivity index (χ0n) is 10.9. The summed E-state index contributed by atoms with van der Waals surface area (Å²) in [5, 5.41) is 0. The largest absolute Gasteiger partial charge is 0.481 e. The Labute approximate surface area is 110 Å². The van der Waals surface area contributed by atoms with Gasteiger partial charge in [-0.2, -0.15) is 0 Å². The highest BCUT2D eigenvalue weighted by Crippen LogP contribution is 2.34. The summed E-state index contributed by atoms with van der Waals surface area (Å²) in [7, 11) is 1.52. The van der Waals surface area contributed by atoms with Crippen molar-refractivity contribution in [1.29, 1.82) is 0 Å². The van der Waals surface area contributed by atoms with Gasteiger partial charge in [0.05, 0.1) is 31.7 Å². The number of aromatic nitrogens is 1. The van der Waals surface area contributed by atoms with E-state index in [2.05, 4.69) is 4.98 Å². The van der Waals surface area contributed by atoms with Crippen molar-refractivity contribution < 1.29 is 18.3 Å². The van der Waals surface area contributed by atoms with Crippen LogP contribution in [0.25, 0.3) is 0 Å². The highest BCUT2D eigenvalue weighted by atomic mass is 19.3. The topological polar surface area (TPSA) is 57.4 Å². The lowest BCUT2D eigenvalue weighted by atomic mass is 9.94. The van der Waals surface area contributed by atoms with Gasteiger partial charge in [-0.05, 0) is 18.9 Å². The summed E-state index contributed by atoms with van der Waals surface area (Å²) in [6, 6.07) is 1.73. The molecule has 0 atom stereocenters. The van der Waals surface area contributed by atoms with Gasteiger partial charge in [0.15, 0.2) is 0 Å². The number of methoxy groups -OCH3 is 1. The standard InChI is InChI=1S/C13H18F2N2O2/c1-18-12-9(6-10(16)7-17-12)8-19-11-2-4-13(14,15)5-3-11/h6-7,11H,2-5,8,16H2,1H3. The van der Waals surface area contributed by atoms with Gasteiger partial charge in [0.2, 0.25) is 11.8 Å². The molecule has 1 fully saturated rings. The molecule has 1 aliphatic carbocycles. The fourth-order valence-electron chi connectivity index (χ4n) is 2.19. The first-order chi connectivity index (χ1) is 9.00. The van der Waals surface area contributed by atoms with E-state index in [-0.39, 0.29) is 25.6 Å². The number of alkyl halides is 2. The Balaban J connectivity index is 1.91. The molecule has 0 unspecified atom stereocenters. The number of ether oxygens (including phenoxy) is 2. The lowest BCUT2D eigenvalue weighted by molar-refractivity contribution is -0.0840. The van der Waals surface area contributed by atoms with Crippen molar-refractivity contribution in [2.75, 3.05) is 12.8 Å². The van der Waals surface area contributed by atoms with E-state index in [0.717, 1.165) is 5.56 Å². The van der Waals surface area contributed by atoms with Crippen molar-refractivity contribution >= 4 is 5.69 Å². The van der Waals surface area contributed by atoms with Gasteiger partial charge in [0, 0.05) is 18.4 Å². The van der Waals surface area contributed by atoms with Gasteiger partial charge in [-0.15, -0.1) is 0 Å². The smallest absolute Gasteiger partial charge is 0.248 e. The Morgan fingerprint density at radius 1 is 1.42 bits per heavy atom. The van der Waals surface area contributed by atoms with Crippen molar-refractivity contribution in [1.82, 2.24) is 4.98 Å². The summed E-state index contributed by atoms with van der Waals surface area (Å²) in [4.78, 5) is 4.04. The first kappa shape index (κ1) is 14.0. The molecule has 6 heteroatoms. The molecule has 1 heterocycles. The molecule has 0 bridgehead atoms. The van der Waals surface area contributed by atoms with Crippen molar-refractivity contribution in [3.05, 3.63) is 17.8 Å². The molecule has 2 N–H and O–H groups in total. The zero-order chi connectivity index (χ0) is 13.9. The van der Waals surface area contributed by atoms with Gasteiger partial charge >= 0.3 is 0 Å². The molecule has 1 saturated carbocycles. The number of rotatable bonds is 4. The van der Waals surface area contributed by atoms with Crippen molar-refractivity contribution in [2.45, 2.75) is 44.3 Å². The van der Waals surface area contributed by atoms with E-state index in [4.69, 9.17) is 15.2 Å². The van der Waals surface area contributed by atoms with Crippen molar-refractivity contribution in [2.24, 2.45) is 0 Å². The Kier molecular flexibility index (Phi) is 4.19. The highest BCUT2D eigenvalue weighted by molar-refractivity contribution is 5.42. The summed E-state index contributed by atoms with van der Waals surface area (Å²) >= 11 is 0. The van der Waals surface area contributed by atoms with E-state index in [9.17, 15) is 8.78 Å². The van der Waals surface area contributed by atoms with E-state index in [1.807, 2.05) is 0 Å². The van der Waals surface area contributed by atoms with Crippen LogP contribution in [0.2, 0.25) is 0 Å². The molecule has 106 valence electrons. The predicted molar refractivity (Wildman–Crippen MR) is 67.2 cm³/mol. The Hall–Kier alpha value is -1.43. The number of pyridine rings is 1. The number of hydrogen-bond acceptors (Lipinski definition) is 4. The lowest BCUT2D eigenvalue weighted by Crippen LogP contribution is -2.29. The molecule has 4 nitrogen and oxygen atoms in total. The highest BCUT2D eigenvalue weighted by Gasteiger charge is 2.35. The summed E-state index contributed by atoms with van der Waals surface area (Å²) in [6.45, 7) is 0.275. The third-order valence-electron chi connectivity index (χ3n) is 3.28. The average molecular weight is 272 g/mol. The Morgan fingerprint density at radius 2 is 2.11 bits per heavy atom. The molecule has 2 rings (SSSR count). The van der Waals surface area contributed by atoms with E-state index >= 15 is 0 Å². The number of nitrogens with zero attached hydrogens (tertiary/aromatic N) is 1. The van der Waals surface area contributed by atoms with Crippen molar-refractivity contribution in [3.8, 4) is 5.88 Å². The molecule has 19 heavy (non-hydrogen) atoms. The minimum Gasteiger partial charge on any atom is -0.481 e. The molecule has 0 saturated heterocycles. The quantitative estimate of drug-likeness (QED) is 0.915. The van der Waals surface area contributed by atoms with Crippen LogP contribution >= 0.6 is 0 Å². The van der Waals surface area contributed by atoms with Crippen molar-refractivity contribution in [3.63, 3.8) is 0 Å². The molecule has 1 aliphatic rings. The van der Waals surface area contributed by atoms with Crippen LogP contribution in [0.4, 0.5) is 14.5 Å². The van der Waals surface area contributed by atoms with Gasteiger partial charge in [0.1, 0.15) is 0 Å². The Bertz CT molecular complexity index is 431. The third kappa shape index (κ3) is 3.76. The fourth-order valence-corrected chi connectivity index (χ4v) is 2.19. The molecule has 0 amide bonds. The average Bonchev–Trinajstić information content (AvgIpc) is 2.38. The van der Waals surface area contributed by atoms with Crippen LogP contribution in [-0.4, -0.2) is 24.1 Å². The van der Waals surface area contributed by atoms with E-state index in [1.54, 1.807) is 6.07 Å². The van der Waals surface area contributed by atoms with E-state index < -0.39 is 5.92 Å². The first-order valence-electron chi connectivity index (χ1n) is 6.28. The van der Waals surface area contributed by atoms with Crippen LogP contribution < -0.4 is 10.5 Å². The van der Waals surface area contributed by atoms with Crippen LogP contribution in [0, 0.1) is 0 Å². The number of nitrogen functional groups attached to an aromatic ring is 1. The molecular formula is C13H18F2N2O2. The minimum absolute atomic E-state index is 0.107. The molecule has 0 aromatic carbocycles. The van der Waals surface area contributed by atoms with Crippen LogP contribution in [0.1, 0.15) is 31.2 Å². The molecule has 0 radical (unpaired) electrons. The number of nitrogens with two attached hydrogens (primary N) is 1. The molecule has 1 aromatic heterocycles. The normalized spacial score (nSPS) is 19.3. The number of anilines is 1. The maximum Gasteiger partial charge on any atom is 0.248 e.